The highest BCUT2D eigenvalue weighted by atomic mass is 79.9. The third-order valence-electron chi connectivity index (χ3n) is 3.58. The van der Waals surface area contributed by atoms with Crippen LogP contribution in [0.1, 0.15) is 13.8 Å². The molecule has 19 heavy (non-hydrogen) atoms. The summed E-state index contributed by atoms with van der Waals surface area (Å²) in [5.74, 6) is 0. The molecule has 3 rings (SSSR count). The first-order valence-electron chi connectivity index (χ1n) is 5.99. The highest BCUT2D eigenvalue weighted by molar-refractivity contribution is 9.11. The van der Waals surface area contributed by atoms with E-state index in [1.54, 1.807) is 6.26 Å². The Labute approximate surface area is 127 Å². The van der Waals surface area contributed by atoms with Crippen LogP contribution in [0.2, 0.25) is 0 Å². The maximum absolute atomic E-state index is 5.98. The molecule has 0 aromatic carbocycles. The lowest BCUT2D eigenvalue weighted by molar-refractivity contribution is 0.0917. The molecule has 0 amide bonds. The quantitative estimate of drug-likeness (QED) is 0.738. The van der Waals surface area contributed by atoms with E-state index in [9.17, 15) is 0 Å². The van der Waals surface area contributed by atoms with E-state index in [2.05, 4.69) is 15.9 Å². The van der Waals surface area contributed by atoms with Gasteiger partial charge in [0.2, 0.25) is 0 Å². The molecule has 0 unspecified atom stereocenters. The van der Waals surface area contributed by atoms with Crippen molar-refractivity contribution in [1.82, 2.24) is 0 Å². The van der Waals surface area contributed by atoms with Gasteiger partial charge in [0.15, 0.2) is 0 Å². The maximum atomic E-state index is 5.98. The van der Waals surface area contributed by atoms with Crippen molar-refractivity contribution >= 4 is 35.5 Å². The van der Waals surface area contributed by atoms with E-state index in [1.165, 1.54) is 0 Å². The predicted octanol–water partition coefficient (Wildman–Crippen LogP) is 2.09. The van der Waals surface area contributed by atoms with Gasteiger partial charge in [0, 0.05) is 11.0 Å². The minimum atomic E-state index is -0.367. The molecule has 0 bridgehead atoms. The Morgan fingerprint density at radius 3 is 2.95 bits per heavy atom. The van der Waals surface area contributed by atoms with Gasteiger partial charge >= 0.3 is 7.12 Å². The highest BCUT2D eigenvalue weighted by Gasteiger charge is 2.50. The fourth-order valence-corrected chi connectivity index (χ4v) is 3.23. The molecule has 1 atom stereocenters. The van der Waals surface area contributed by atoms with Crippen molar-refractivity contribution in [2.24, 2.45) is 5.73 Å². The van der Waals surface area contributed by atoms with Gasteiger partial charge in [0.1, 0.15) is 6.61 Å². The van der Waals surface area contributed by atoms with E-state index in [4.69, 9.17) is 19.8 Å². The number of halogens is 2. The van der Waals surface area contributed by atoms with E-state index in [0.717, 1.165) is 21.1 Å². The first-order chi connectivity index (χ1) is 8.54. The van der Waals surface area contributed by atoms with E-state index in [0.29, 0.717) is 13.2 Å². The van der Waals surface area contributed by atoms with Gasteiger partial charge in [0.05, 0.1) is 18.0 Å². The largest absolute Gasteiger partial charge is 0.497 e. The fraction of sp³-hybridized carbons (Fsp3) is 0.500. The molecule has 0 aliphatic carbocycles. The van der Waals surface area contributed by atoms with E-state index >= 15 is 0 Å². The van der Waals surface area contributed by atoms with E-state index < -0.39 is 0 Å². The van der Waals surface area contributed by atoms with Crippen LogP contribution in [-0.2, 0) is 14.0 Å². The topological polar surface area (TPSA) is 53.7 Å². The number of rotatable bonds is 1. The number of hydrogen-bond acceptors (Lipinski definition) is 4. The molecule has 0 fully saturated rings. The third kappa shape index (κ3) is 2.30. The molecule has 0 spiro atoms. The Morgan fingerprint density at radius 1 is 1.53 bits per heavy atom. The van der Waals surface area contributed by atoms with Crippen LogP contribution in [0.25, 0.3) is 0 Å². The second-order valence-electron chi connectivity index (χ2n) is 5.09. The van der Waals surface area contributed by atoms with Gasteiger partial charge in [0.25, 0.3) is 0 Å². The molecule has 0 aromatic heterocycles. The molecule has 104 valence electrons. The standard InChI is InChI=1S/C12H15BBrNO3.ClH/c1-12(2)8-6-16-4-3-7-10(8)13(18-12)17-9(5-15)11(7)14;/h3-4,9H,5-6,15H2,1-2H3;1H/t9-;/m0./s1. The van der Waals surface area contributed by atoms with Crippen molar-refractivity contribution in [3.05, 3.63) is 33.4 Å². The first kappa shape index (κ1) is 15.1. The monoisotopic (exact) mass is 347 g/mol. The average Bonchev–Trinajstić information content (AvgIpc) is 2.52. The summed E-state index contributed by atoms with van der Waals surface area (Å²) in [6.45, 7) is 5.03. The van der Waals surface area contributed by atoms with Gasteiger partial charge in [-0.15, -0.1) is 12.4 Å². The summed E-state index contributed by atoms with van der Waals surface area (Å²) in [6.07, 6.45) is 3.52. The summed E-state index contributed by atoms with van der Waals surface area (Å²) >= 11 is 3.59. The van der Waals surface area contributed by atoms with Crippen LogP contribution in [0.4, 0.5) is 0 Å². The maximum Gasteiger partial charge on any atom is 0.495 e. The van der Waals surface area contributed by atoms with Crippen molar-refractivity contribution in [2.45, 2.75) is 25.6 Å². The minimum absolute atomic E-state index is 0. The van der Waals surface area contributed by atoms with Crippen molar-refractivity contribution in [3.8, 4) is 0 Å². The summed E-state index contributed by atoms with van der Waals surface area (Å²) in [5.41, 5.74) is 8.68. The summed E-state index contributed by atoms with van der Waals surface area (Å²) in [7, 11) is -0.341. The van der Waals surface area contributed by atoms with Gasteiger partial charge in [-0.1, -0.05) is 15.9 Å². The van der Waals surface area contributed by atoms with Crippen LogP contribution < -0.4 is 5.73 Å². The first-order valence-corrected chi connectivity index (χ1v) is 6.79. The van der Waals surface area contributed by atoms with Gasteiger partial charge in [-0.2, -0.15) is 0 Å². The van der Waals surface area contributed by atoms with Crippen molar-refractivity contribution < 1.29 is 14.0 Å². The Morgan fingerprint density at radius 2 is 2.26 bits per heavy atom. The summed E-state index contributed by atoms with van der Waals surface area (Å²) < 4.78 is 18.4. The molecule has 3 aliphatic rings. The number of allylic oxidation sites excluding steroid dienone is 3. The Bertz CT molecular complexity index is 489. The molecular formula is C12H16BBrClNO3. The number of hydrogen-bond donors (Lipinski definition) is 1. The summed E-state index contributed by atoms with van der Waals surface area (Å²) in [4.78, 5) is 0. The molecular weight excluding hydrogens is 332 g/mol. The van der Waals surface area contributed by atoms with E-state index in [-0.39, 0.29) is 31.2 Å². The van der Waals surface area contributed by atoms with Crippen LogP contribution in [0.15, 0.2) is 33.4 Å². The highest BCUT2D eigenvalue weighted by Crippen LogP contribution is 2.45. The van der Waals surface area contributed by atoms with E-state index in [1.807, 2.05) is 19.9 Å². The average molecular weight is 348 g/mol. The van der Waals surface area contributed by atoms with Crippen LogP contribution in [-0.4, -0.2) is 32.0 Å². The summed E-state index contributed by atoms with van der Waals surface area (Å²) in [6, 6.07) is 0. The lowest BCUT2D eigenvalue weighted by Crippen LogP contribution is -2.39. The number of nitrogens with two attached hydrogens (primary N) is 1. The van der Waals surface area contributed by atoms with Gasteiger partial charge in [-0.25, -0.2) is 0 Å². The Kier molecular flexibility index (Phi) is 4.19. The van der Waals surface area contributed by atoms with Crippen LogP contribution in [0.5, 0.6) is 0 Å². The second kappa shape index (κ2) is 5.26. The molecule has 4 nitrogen and oxygen atoms in total. The molecule has 2 N–H and O–H groups in total. The normalized spacial score (nSPS) is 27.8. The lowest BCUT2D eigenvalue weighted by atomic mass is 9.70. The third-order valence-corrected chi connectivity index (χ3v) is 4.52. The number of ether oxygens (including phenoxy) is 1. The summed E-state index contributed by atoms with van der Waals surface area (Å²) in [5, 5.41) is 0. The van der Waals surface area contributed by atoms with Gasteiger partial charge in [-0.05, 0) is 36.5 Å². The molecule has 0 saturated heterocycles. The van der Waals surface area contributed by atoms with Crippen molar-refractivity contribution in [2.75, 3.05) is 13.2 Å². The Hall–Kier alpha value is -0.265. The SMILES string of the molecule is CC1(C)OB2O[C@@H](CN)C(Br)=C3C=COCC1=C23.Cl. The lowest BCUT2D eigenvalue weighted by Gasteiger charge is -2.28. The molecule has 0 radical (unpaired) electrons. The molecule has 0 saturated carbocycles. The molecule has 0 aromatic rings. The zero-order valence-electron chi connectivity index (χ0n) is 10.8. The molecule has 7 heteroatoms. The molecule has 3 aliphatic heterocycles. The smallest absolute Gasteiger partial charge is 0.495 e. The minimum Gasteiger partial charge on any atom is -0.497 e. The van der Waals surface area contributed by atoms with Gasteiger partial charge in [-0.3, -0.25) is 0 Å². The predicted molar refractivity (Wildman–Crippen MR) is 80.2 cm³/mol. The van der Waals surface area contributed by atoms with Gasteiger partial charge < -0.3 is 19.8 Å². The molecule has 3 heterocycles. The zero-order valence-corrected chi connectivity index (χ0v) is 13.2. The van der Waals surface area contributed by atoms with Crippen LogP contribution >= 0.6 is 28.3 Å². The zero-order chi connectivity index (χ0) is 12.9. The van der Waals surface area contributed by atoms with Crippen LogP contribution in [0, 0.1) is 0 Å². The second-order valence-corrected chi connectivity index (χ2v) is 5.94. The van der Waals surface area contributed by atoms with Crippen LogP contribution in [0.3, 0.4) is 0 Å². The van der Waals surface area contributed by atoms with Crippen molar-refractivity contribution in [1.29, 1.82) is 0 Å². The fourth-order valence-electron chi connectivity index (χ4n) is 2.59. The van der Waals surface area contributed by atoms with Crippen molar-refractivity contribution in [3.63, 3.8) is 0 Å². The Balaban J connectivity index is 0.00000133.